The van der Waals surface area contributed by atoms with Gasteiger partial charge in [-0.15, -0.1) is 0 Å². The maximum atomic E-state index is 11.3. The topological polar surface area (TPSA) is 87.7 Å². The highest BCUT2D eigenvalue weighted by Crippen LogP contribution is 2.18. The van der Waals surface area contributed by atoms with Gasteiger partial charge in [0, 0.05) is 20.0 Å². The zero-order chi connectivity index (χ0) is 15.0. The highest BCUT2D eigenvalue weighted by atomic mass is 16.5. The summed E-state index contributed by atoms with van der Waals surface area (Å²) in [5.41, 5.74) is 0.642. The molecule has 0 aromatic heterocycles. The molecule has 0 heterocycles. The molecule has 0 aliphatic carbocycles. The van der Waals surface area contributed by atoms with Crippen molar-refractivity contribution in [2.75, 3.05) is 19.7 Å². The first kappa shape index (κ1) is 16.0. The third-order valence-corrected chi connectivity index (χ3v) is 2.62. The average molecular weight is 280 g/mol. The summed E-state index contributed by atoms with van der Waals surface area (Å²) in [4.78, 5) is 22.0. The molecule has 1 unspecified atom stereocenters. The normalized spacial score (nSPS) is 11.7. The molecule has 0 aliphatic rings. The Morgan fingerprint density at radius 2 is 1.90 bits per heavy atom. The number of carbonyl (C=O) groups excluding carboxylic acids is 1. The molecule has 110 valence electrons. The molecule has 20 heavy (non-hydrogen) atoms. The van der Waals surface area contributed by atoms with E-state index in [0.717, 1.165) is 0 Å². The Balaban J connectivity index is 2.61. The van der Waals surface area contributed by atoms with Crippen LogP contribution in [0.5, 0.6) is 5.75 Å². The Bertz CT molecular complexity index is 445. The fourth-order valence-corrected chi connectivity index (χ4v) is 1.73. The molecule has 3 N–H and O–H groups in total. The number of benzene rings is 1. The van der Waals surface area contributed by atoms with Gasteiger partial charge < -0.3 is 15.2 Å². The zero-order valence-corrected chi connectivity index (χ0v) is 11.7. The number of aliphatic carboxylic acids is 1. The number of ether oxygens (including phenoxy) is 1. The smallest absolute Gasteiger partial charge is 0.325 e. The number of carboxylic acid groups (broad SMARTS) is 1. The van der Waals surface area contributed by atoms with Gasteiger partial charge in [-0.2, -0.15) is 0 Å². The summed E-state index contributed by atoms with van der Waals surface area (Å²) in [5.74, 6) is -0.393. The maximum absolute atomic E-state index is 11.3. The molecule has 1 aromatic rings. The molecule has 0 fully saturated rings. The third kappa shape index (κ3) is 5.27. The fraction of sp³-hybridized carbons (Fsp3) is 0.429. The van der Waals surface area contributed by atoms with E-state index in [2.05, 4.69) is 10.6 Å². The summed E-state index contributed by atoms with van der Waals surface area (Å²) in [5, 5.41) is 14.7. The van der Waals surface area contributed by atoms with E-state index in [1.54, 1.807) is 24.3 Å². The van der Waals surface area contributed by atoms with Gasteiger partial charge in [0.05, 0.1) is 6.61 Å². The Morgan fingerprint density at radius 1 is 1.25 bits per heavy atom. The van der Waals surface area contributed by atoms with Crippen molar-refractivity contribution in [3.05, 3.63) is 29.8 Å². The Hall–Kier alpha value is -2.08. The molecule has 0 radical (unpaired) electrons. The van der Waals surface area contributed by atoms with Crippen LogP contribution in [-0.2, 0) is 9.59 Å². The number of nitrogens with one attached hydrogen (secondary N) is 2. The second-order valence-corrected chi connectivity index (χ2v) is 4.21. The van der Waals surface area contributed by atoms with Gasteiger partial charge in [-0.1, -0.05) is 12.1 Å². The summed E-state index contributed by atoms with van der Waals surface area (Å²) in [6, 6.07) is 6.11. The lowest BCUT2D eigenvalue weighted by molar-refractivity contribution is -0.139. The first-order valence-corrected chi connectivity index (χ1v) is 6.48. The van der Waals surface area contributed by atoms with Crippen LogP contribution >= 0.6 is 0 Å². The van der Waals surface area contributed by atoms with E-state index in [1.807, 2.05) is 6.92 Å². The van der Waals surface area contributed by atoms with Crippen molar-refractivity contribution in [2.24, 2.45) is 0 Å². The van der Waals surface area contributed by atoms with Gasteiger partial charge in [-0.05, 0) is 24.6 Å². The van der Waals surface area contributed by atoms with Crippen molar-refractivity contribution < 1.29 is 19.4 Å². The standard InChI is InChI=1S/C14H20N2O4/c1-3-20-12-6-4-11(5-7-12)13(14(18)19)16-9-8-15-10(2)17/h4-7,13,16H,3,8-9H2,1-2H3,(H,15,17)(H,18,19). The maximum Gasteiger partial charge on any atom is 0.325 e. The largest absolute Gasteiger partial charge is 0.494 e. The van der Waals surface area contributed by atoms with E-state index >= 15 is 0 Å². The van der Waals surface area contributed by atoms with Gasteiger partial charge in [0.1, 0.15) is 11.8 Å². The zero-order valence-electron chi connectivity index (χ0n) is 11.7. The molecular weight excluding hydrogens is 260 g/mol. The minimum absolute atomic E-state index is 0.139. The lowest BCUT2D eigenvalue weighted by atomic mass is 10.1. The molecule has 0 bridgehead atoms. The van der Waals surface area contributed by atoms with Crippen LogP contribution in [0.4, 0.5) is 0 Å². The molecule has 1 aromatic carbocycles. The lowest BCUT2D eigenvalue weighted by Gasteiger charge is -2.15. The van der Waals surface area contributed by atoms with Gasteiger partial charge in [0.15, 0.2) is 0 Å². The second-order valence-electron chi connectivity index (χ2n) is 4.21. The monoisotopic (exact) mass is 280 g/mol. The van der Waals surface area contributed by atoms with E-state index in [9.17, 15) is 14.7 Å². The minimum Gasteiger partial charge on any atom is -0.494 e. The van der Waals surface area contributed by atoms with Crippen LogP contribution in [0.1, 0.15) is 25.5 Å². The van der Waals surface area contributed by atoms with Crippen molar-refractivity contribution in [1.29, 1.82) is 0 Å². The molecule has 0 saturated carbocycles. The molecule has 6 nitrogen and oxygen atoms in total. The van der Waals surface area contributed by atoms with Crippen LogP contribution in [0.25, 0.3) is 0 Å². The van der Waals surface area contributed by atoms with Crippen molar-refractivity contribution in [3.63, 3.8) is 0 Å². The van der Waals surface area contributed by atoms with E-state index in [1.165, 1.54) is 6.92 Å². The molecule has 0 saturated heterocycles. The van der Waals surface area contributed by atoms with Crippen molar-refractivity contribution in [3.8, 4) is 5.75 Å². The highest BCUT2D eigenvalue weighted by Gasteiger charge is 2.18. The first-order chi connectivity index (χ1) is 9.54. The van der Waals surface area contributed by atoms with E-state index in [-0.39, 0.29) is 5.91 Å². The molecule has 1 amide bonds. The molecule has 1 atom stereocenters. The summed E-state index contributed by atoms with van der Waals surface area (Å²) in [6.45, 7) is 4.63. The molecule has 0 aliphatic heterocycles. The highest BCUT2D eigenvalue weighted by molar-refractivity contribution is 5.75. The number of carbonyl (C=O) groups is 2. The van der Waals surface area contributed by atoms with Gasteiger partial charge >= 0.3 is 5.97 Å². The van der Waals surface area contributed by atoms with Crippen LogP contribution in [0.15, 0.2) is 24.3 Å². The van der Waals surface area contributed by atoms with Gasteiger partial charge in [-0.3, -0.25) is 14.9 Å². The fourth-order valence-electron chi connectivity index (χ4n) is 1.73. The molecule has 0 spiro atoms. The Labute approximate surface area is 118 Å². The summed E-state index contributed by atoms with van der Waals surface area (Å²) in [6.07, 6.45) is 0. The quantitative estimate of drug-likeness (QED) is 0.617. The average Bonchev–Trinajstić information content (AvgIpc) is 2.39. The van der Waals surface area contributed by atoms with Gasteiger partial charge in [0.25, 0.3) is 0 Å². The van der Waals surface area contributed by atoms with E-state index in [0.29, 0.717) is 31.0 Å². The molecule has 1 rings (SSSR count). The third-order valence-electron chi connectivity index (χ3n) is 2.62. The van der Waals surface area contributed by atoms with Crippen molar-refractivity contribution in [1.82, 2.24) is 10.6 Å². The number of carboxylic acids is 1. The van der Waals surface area contributed by atoms with Crippen molar-refractivity contribution in [2.45, 2.75) is 19.9 Å². The Kier molecular flexibility index (Phi) is 6.52. The van der Waals surface area contributed by atoms with Crippen LogP contribution in [0.3, 0.4) is 0 Å². The number of rotatable bonds is 8. The van der Waals surface area contributed by atoms with Crippen LogP contribution in [0, 0.1) is 0 Å². The van der Waals surface area contributed by atoms with Crippen LogP contribution in [0.2, 0.25) is 0 Å². The summed E-state index contributed by atoms with van der Waals surface area (Å²) >= 11 is 0. The molecule has 6 heteroatoms. The van der Waals surface area contributed by atoms with Crippen LogP contribution in [-0.4, -0.2) is 36.7 Å². The van der Waals surface area contributed by atoms with E-state index in [4.69, 9.17) is 4.74 Å². The van der Waals surface area contributed by atoms with Crippen LogP contribution < -0.4 is 15.4 Å². The Morgan fingerprint density at radius 3 is 2.40 bits per heavy atom. The minimum atomic E-state index is -0.961. The summed E-state index contributed by atoms with van der Waals surface area (Å²) < 4.78 is 5.31. The number of hydrogen-bond acceptors (Lipinski definition) is 4. The first-order valence-electron chi connectivity index (χ1n) is 6.48. The number of hydrogen-bond donors (Lipinski definition) is 3. The summed E-state index contributed by atoms with van der Waals surface area (Å²) in [7, 11) is 0. The lowest BCUT2D eigenvalue weighted by Crippen LogP contribution is -2.35. The van der Waals surface area contributed by atoms with Gasteiger partial charge in [0.2, 0.25) is 5.91 Å². The second kappa shape index (κ2) is 8.16. The predicted octanol–water partition coefficient (Wildman–Crippen LogP) is 0.937. The number of amides is 1. The van der Waals surface area contributed by atoms with Gasteiger partial charge in [-0.25, -0.2) is 0 Å². The van der Waals surface area contributed by atoms with E-state index < -0.39 is 12.0 Å². The SMILES string of the molecule is CCOc1ccc(C(NCCNC(C)=O)C(=O)O)cc1. The van der Waals surface area contributed by atoms with Crippen molar-refractivity contribution >= 4 is 11.9 Å². The molecular formula is C14H20N2O4. The predicted molar refractivity (Wildman–Crippen MR) is 74.7 cm³/mol.